The van der Waals surface area contributed by atoms with Gasteiger partial charge < -0.3 is 4.74 Å². The largest absolute Gasteiger partial charge is 0.491 e. The fourth-order valence-corrected chi connectivity index (χ4v) is 1.96. The highest BCUT2D eigenvalue weighted by atomic mass is 16.5. The van der Waals surface area contributed by atoms with Gasteiger partial charge in [0.05, 0.1) is 5.76 Å². The monoisotopic (exact) mass is 214 g/mol. The minimum Gasteiger partial charge on any atom is -0.491 e. The molecule has 0 aliphatic heterocycles. The molecular weight excluding hydrogens is 196 g/mol. The molecule has 0 amide bonds. The van der Waals surface area contributed by atoms with Crippen molar-refractivity contribution in [3.63, 3.8) is 0 Å². The summed E-state index contributed by atoms with van der Waals surface area (Å²) >= 11 is 0. The highest BCUT2D eigenvalue weighted by molar-refractivity contribution is 5.18. The molecule has 2 rings (SSSR count). The van der Waals surface area contributed by atoms with E-state index in [1.807, 2.05) is 18.2 Å². The molecule has 0 radical (unpaired) electrons. The van der Waals surface area contributed by atoms with E-state index >= 15 is 0 Å². The van der Waals surface area contributed by atoms with Crippen LogP contribution in [0.2, 0.25) is 0 Å². The third-order valence-electron chi connectivity index (χ3n) is 2.77. The van der Waals surface area contributed by atoms with Gasteiger partial charge in [0.1, 0.15) is 6.10 Å². The molecule has 1 heteroatoms. The SMILES string of the molecule is C=C(Cc1ccccc1)OC1C=CCCC1. The Kier molecular flexibility index (Phi) is 3.81. The summed E-state index contributed by atoms with van der Waals surface area (Å²) in [5.74, 6) is 0.864. The summed E-state index contributed by atoms with van der Waals surface area (Å²) in [5, 5.41) is 0. The normalized spacial score (nSPS) is 19.4. The Balaban J connectivity index is 1.84. The lowest BCUT2D eigenvalue weighted by molar-refractivity contribution is 0.138. The van der Waals surface area contributed by atoms with Crippen LogP contribution in [0.3, 0.4) is 0 Å². The Bertz CT molecular complexity index is 364. The third-order valence-corrected chi connectivity index (χ3v) is 2.77. The summed E-state index contributed by atoms with van der Waals surface area (Å²) < 4.78 is 5.81. The van der Waals surface area contributed by atoms with Crippen LogP contribution in [0.5, 0.6) is 0 Å². The van der Waals surface area contributed by atoms with Crippen molar-refractivity contribution < 1.29 is 4.74 Å². The predicted molar refractivity (Wildman–Crippen MR) is 67.2 cm³/mol. The standard InChI is InChI=1S/C15H18O/c1-13(12-14-8-4-2-5-9-14)16-15-10-6-3-7-11-15/h2,4-6,8-10,15H,1,3,7,11-12H2. The number of hydrogen-bond donors (Lipinski definition) is 0. The first-order valence-electron chi connectivity index (χ1n) is 5.89. The quantitative estimate of drug-likeness (QED) is 0.546. The van der Waals surface area contributed by atoms with Gasteiger partial charge in [0.15, 0.2) is 0 Å². The van der Waals surface area contributed by atoms with E-state index in [-0.39, 0.29) is 6.10 Å². The maximum absolute atomic E-state index is 5.81. The molecule has 16 heavy (non-hydrogen) atoms. The molecule has 84 valence electrons. The molecule has 0 saturated heterocycles. The van der Waals surface area contributed by atoms with Crippen LogP contribution in [-0.4, -0.2) is 6.10 Å². The van der Waals surface area contributed by atoms with E-state index in [0.717, 1.165) is 18.6 Å². The molecule has 1 aromatic rings. The van der Waals surface area contributed by atoms with Crippen molar-refractivity contribution >= 4 is 0 Å². The van der Waals surface area contributed by atoms with Crippen LogP contribution in [0, 0.1) is 0 Å². The minimum absolute atomic E-state index is 0.241. The van der Waals surface area contributed by atoms with Gasteiger partial charge in [-0.15, -0.1) is 0 Å². The number of hydrogen-bond acceptors (Lipinski definition) is 1. The van der Waals surface area contributed by atoms with Crippen LogP contribution >= 0.6 is 0 Å². The summed E-state index contributed by atoms with van der Waals surface area (Å²) in [6, 6.07) is 10.3. The summed E-state index contributed by atoms with van der Waals surface area (Å²) in [6.07, 6.45) is 8.93. The van der Waals surface area contributed by atoms with E-state index < -0.39 is 0 Å². The van der Waals surface area contributed by atoms with Crippen LogP contribution in [-0.2, 0) is 11.2 Å². The van der Waals surface area contributed by atoms with Crippen molar-refractivity contribution in [1.82, 2.24) is 0 Å². The van der Waals surface area contributed by atoms with Crippen LogP contribution in [0.15, 0.2) is 54.8 Å². The second-order valence-corrected chi connectivity index (χ2v) is 4.22. The van der Waals surface area contributed by atoms with Gasteiger partial charge in [-0.1, -0.05) is 43.0 Å². The van der Waals surface area contributed by atoms with Gasteiger partial charge in [0.2, 0.25) is 0 Å². The van der Waals surface area contributed by atoms with Crippen LogP contribution < -0.4 is 0 Å². The fraction of sp³-hybridized carbons (Fsp3) is 0.333. The molecule has 1 aliphatic rings. The zero-order valence-electron chi connectivity index (χ0n) is 9.56. The number of allylic oxidation sites excluding steroid dienone is 2. The molecule has 1 aliphatic carbocycles. The molecular formula is C15H18O. The summed E-state index contributed by atoms with van der Waals surface area (Å²) in [7, 11) is 0. The summed E-state index contributed by atoms with van der Waals surface area (Å²) in [5.41, 5.74) is 1.26. The molecule has 0 bridgehead atoms. The van der Waals surface area contributed by atoms with Crippen molar-refractivity contribution in [2.24, 2.45) is 0 Å². The fourth-order valence-electron chi connectivity index (χ4n) is 1.96. The van der Waals surface area contributed by atoms with Gasteiger partial charge in [-0.3, -0.25) is 0 Å². The van der Waals surface area contributed by atoms with Gasteiger partial charge >= 0.3 is 0 Å². The highest BCUT2D eigenvalue weighted by Gasteiger charge is 2.10. The average molecular weight is 214 g/mol. The summed E-state index contributed by atoms with van der Waals surface area (Å²) in [4.78, 5) is 0. The zero-order valence-corrected chi connectivity index (χ0v) is 9.56. The van der Waals surface area contributed by atoms with Crippen molar-refractivity contribution in [1.29, 1.82) is 0 Å². The molecule has 0 N–H and O–H groups in total. The van der Waals surface area contributed by atoms with Gasteiger partial charge in [-0.05, 0) is 30.9 Å². The Morgan fingerprint density at radius 1 is 1.31 bits per heavy atom. The third kappa shape index (κ3) is 3.27. The lowest BCUT2D eigenvalue weighted by Gasteiger charge is -2.19. The molecule has 1 nitrogen and oxygen atoms in total. The lowest BCUT2D eigenvalue weighted by Crippen LogP contribution is -2.12. The van der Waals surface area contributed by atoms with E-state index in [4.69, 9.17) is 4.74 Å². The maximum atomic E-state index is 5.81. The van der Waals surface area contributed by atoms with Crippen molar-refractivity contribution in [2.75, 3.05) is 0 Å². The molecule has 0 aromatic heterocycles. The zero-order chi connectivity index (χ0) is 11.2. The van der Waals surface area contributed by atoms with Crippen molar-refractivity contribution in [3.8, 4) is 0 Å². The summed E-state index contributed by atoms with van der Waals surface area (Å²) in [6.45, 7) is 3.99. The predicted octanol–water partition coefficient (Wildman–Crippen LogP) is 3.87. The molecule has 0 heterocycles. The first-order valence-corrected chi connectivity index (χ1v) is 5.89. The van der Waals surface area contributed by atoms with Gasteiger partial charge in [0.25, 0.3) is 0 Å². The lowest BCUT2D eigenvalue weighted by atomic mass is 10.1. The van der Waals surface area contributed by atoms with E-state index in [2.05, 4.69) is 30.9 Å². The van der Waals surface area contributed by atoms with Crippen LogP contribution in [0.4, 0.5) is 0 Å². The second-order valence-electron chi connectivity index (χ2n) is 4.22. The van der Waals surface area contributed by atoms with E-state index in [9.17, 15) is 0 Å². The Morgan fingerprint density at radius 2 is 2.12 bits per heavy atom. The highest BCUT2D eigenvalue weighted by Crippen LogP contribution is 2.17. The van der Waals surface area contributed by atoms with Gasteiger partial charge in [0, 0.05) is 6.42 Å². The number of benzene rings is 1. The van der Waals surface area contributed by atoms with Crippen molar-refractivity contribution in [2.45, 2.75) is 31.8 Å². The van der Waals surface area contributed by atoms with E-state index in [1.54, 1.807) is 0 Å². The van der Waals surface area contributed by atoms with Gasteiger partial charge in [-0.2, -0.15) is 0 Å². The molecule has 1 unspecified atom stereocenters. The molecule has 0 fully saturated rings. The molecule has 0 saturated carbocycles. The van der Waals surface area contributed by atoms with Gasteiger partial charge in [-0.25, -0.2) is 0 Å². The molecule has 1 atom stereocenters. The Morgan fingerprint density at radius 3 is 2.81 bits per heavy atom. The number of rotatable bonds is 4. The van der Waals surface area contributed by atoms with Crippen LogP contribution in [0.25, 0.3) is 0 Å². The van der Waals surface area contributed by atoms with E-state index in [0.29, 0.717) is 0 Å². The number of ether oxygens (including phenoxy) is 1. The minimum atomic E-state index is 0.241. The second kappa shape index (κ2) is 5.55. The maximum Gasteiger partial charge on any atom is 0.116 e. The molecule has 0 spiro atoms. The Labute approximate surface area is 97.4 Å². The van der Waals surface area contributed by atoms with Crippen LogP contribution in [0.1, 0.15) is 24.8 Å². The topological polar surface area (TPSA) is 9.23 Å². The smallest absolute Gasteiger partial charge is 0.116 e. The first-order chi connectivity index (χ1) is 7.84. The Hall–Kier alpha value is -1.50. The average Bonchev–Trinajstić information content (AvgIpc) is 2.31. The van der Waals surface area contributed by atoms with Crippen molar-refractivity contribution in [3.05, 3.63) is 60.4 Å². The first kappa shape index (κ1) is 11.0. The molecule has 1 aromatic carbocycles. The van der Waals surface area contributed by atoms with E-state index in [1.165, 1.54) is 18.4 Å².